The summed E-state index contributed by atoms with van der Waals surface area (Å²) in [6.07, 6.45) is 0. The number of hydrogen-bond donors (Lipinski definition) is 1. The van der Waals surface area contributed by atoms with E-state index in [1.807, 2.05) is 31.2 Å². The lowest BCUT2D eigenvalue weighted by atomic mass is 10.1. The normalized spacial score (nSPS) is 11.6. The fraction of sp³-hybridized carbons (Fsp3) is 0.400. The van der Waals surface area contributed by atoms with Crippen LogP contribution < -0.4 is 10.5 Å². The van der Waals surface area contributed by atoms with Gasteiger partial charge in [0.05, 0.1) is 7.11 Å². The van der Waals surface area contributed by atoms with E-state index < -0.39 is 0 Å². The first-order valence-electron chi connectivity index (χ1n) is 3.63. The lowest BCUT2D eigenvalue weighted by Gasteiger charge is -2.06. The van der Waals surface area contributed by atoms with E-state index in [-0.39, 0.29) is 13.5 Å². The summed E-state index contributed by atoms with van der Waals surface area (Å²) >= 11 is 0. The number of ether oxygens (including phenoxy) is 1. The van der Waals surface area contributed by atoms with Gasteiger partial charge in [-0.2, -0.15) is 0 Å². The molecule has 68 valence electrons. The van der Waals surface area contributed by atoms with Gasteiger partial charge in [-0.15, -0.1) is 0 Å². The highest BCUT2D eigenvalue weighted by Gasteiger charge is 1.98. The van der Waals surface area contributed by atoms with Gasteiger partial charge < -0.3 is 10.5 Å². The van der Waals surface area contributed by atoms with E-state index in [1.54, 1.807) is 7.11 Å². The minimum Gasteiger partial charge on any atom is -0.497 e. The van der Waals surface area contributed by atoms with Gasteiger partial charge in [-0.25, -0.2) is 0 Å². The van der Waals surface area contributed by atoms with Crippen molar-refractivity contribution in [2.24, 2.45) is 5.73 Å². The molecule has 0 aromatic heterocycles. The van der Waals surface area contributed by atoms with Gasteiger partial charge in [0, 0.05) is 6.04 Å². The molecule has 0 aliphatic carbocycles. The highest BCUT2D eigenvalue weighted by Crippen LogP contribution is 2.16. The molecular formula is C10H17NO. The Kier molecular flexibility index (Phi) is 4.37. The molecule has 0 amide bonds. The maximum atomic E-state index is 5.68. The zero-order valence-electron chi connectivity index (χ0n) is 6.87. The van der Waals surface area contributed by atoms with E-state index >= 15 is 0 Å². The molecule has 1 atom stereocenters. The number of nitrogens with two attached hydrogens (primary N) is 1. The van der Waals surface area contributed by atoms with Crippen LogP contribution in [0.25, 0.3) is 0 Å². The fourth-order valence-corrected chi connectivity index (χ4v) is 0.925. The summed E-state index contributed by atoms with van der Waals surface area (Å²) in [6, 6.07) is 7.87. The molecule has 0 radical (unpaired) electrons. The second-order valence-electron chi connectivity index (χ2n) is 2.57. The van der Waals surface area contributed by atoms with Crippen LogP contribution in [-0.4, -0.2) is 7.11 Å². The van der Waals surface area contributed by atoms with E-state index in [2.05, 4.69) is 0 Å². The third kappa shape index (κ3) is 2.55. The van der Waals surface area contributed by atoms with E-state index in [1.165, 1.54) is 0 Å². The van der Waals surface area contributed by atoms with Crippen LogP contribution in [0.5, 0.6) is 5.75 Å². The zero-order chi connectivity index (χ0) is 8.27. The fourth-order valence-electron chi connectivity index (χ4n) is 0.925. The van der Waals surface area contributed by atoms with Crippen molar-refractivity contribution in [3.8, 4) is 5.75 Å². The summed E-state index contributed by atoms with van der Waals surface area (Å²) < 4.78 is 5.05. The first-order valence-corrected chi connectivity index (χ1v) is 3.63. The number of rotatable bonds is 2. The highest BCUT2D eigenvalue weighted by molar-refractivity contribution is 5.29. The maximum absolute atomic E-state index is 5.68. The molecule has 1 rings (SSSR count). The Morgan fingerprint density at radius 3 is 2.58 bits per heavy atom. The largest absolute Gasteiger partial charge is 0.497 e. The molecule has 0 bridgehead atoms. The van der Waals surface area contributed by atoms with Crippen LogP contribution in [0.3, 0.4) is 0 Å². The van der Waals surface area contributed by atoms with E-state index in [0.717, 1.165) is 11.3 Å². The first kappa shape index (κ1) is 11.0. The SMILES string of the molecule is C.COc1cccc([C@@H](C)N)c1. The van der Waals surface area contributed by atoms with E-state index in [0.29, 0.717) is 0 Å². The lowest BCUT2D eigenvalue weighted by molar-refractivity contribution is 0.414. The number of benzene rings is 1. The molecule has 12 heavy (non-hydrogen) atoms. The molecule has 0 saturated carbocycles. The van der Waals surface area contributed by atoms with Crippen molar-refractivity contribution in [3.05, 3.63) is 29.8 Å². The van der Waals surface area contributed by atoms with Gasteiger partial charge >= 0.3 is 0 Å². The molecular weight excluding hydrogens is 150 g/mol. The van der Waals surface area contributed by atoms with Gasteiger partial charge in [-0.1, -0.05) is 19.6 Å². The van der Waals surface area contributed by atoms with Crippen LogP contribution in [0.2, 0.25) is 0 Å². The monoisotopic (exact) mass is 167 g/mol. The van der Waals surface area contributed by atoms with Crippen molar-refractivity contribution in [1.29, 1.82) is 0 Å². The van der Waals surface area contributed by atoms with Gasteiger partial charge in [0.15, 0.2) is 0 Å². The molecule has 1 aromatic rings. The van der Waals surface area contributed by atoms with Crippen LogP contribution in [0.4, 0.5) is 0 Å². The summed E-state index contributed by atoms with van der Waals surface area (Å²) in [5, 5.41) is 0. The second kappa shape index (κ2) is 4.78. The van der Waals surface area contributed by atoms with Crippen molar-refractivity contribution in [3.63, 3.8) is 0 Å². The molecule has 0 heterocycles. The van der Waals surface area contributed by atoms with Gasteiger partial charge in [0.1, 0.15) is 5.75 Å². The molecule has 2 N–H and O–H groups in total. The van der Waals surface area contributed by atoms with Crippen molar-refractivity contribution in [2.45, 2.75) is 20.4 Å². The Morgan fingerprint density at radius 2 is 2.08 bits per heavy atom. The standard InChI is InChI=1S/C9H13NO.CH4/c1-7(10)8-4-3-5-9(6-8)11-2;/h3-7H,10H2,1-2H3;1H4/t7-;/m1./s1. The average Bonchev–Trinajstić information content (AvgIpc) is 2.05. The van der Waals surface area contributed by atoms with Crippen LogP contribution in [0.15, 0.2) is 24.3 Å². The van der Waals surface area contributed by atoms with Crippen molar-refractivity contribution < 1.29 is 4.74 Å². The van der Waals surface area contributed by atoms with Crippen molar-refractivity contribution >= 4 is 0 Å². The molecule has 2 nitrogen and oxygen atoms in total. The van der Waals surface area contributed by atoms with Gasteiger partial charge in [-0.3, -0.25) is 0 Å². The number of hydrogen-bond acceptors (Lipinski definition) is 2. The molecule has 0 saturated heterocycles. The Hall–Kier alpha value is -1.02. The molecule has 0 aliphatic heterocycles. The second-order valence-corrected chi connectivity index (χ2v) is 2.57. The van der Waals surface area contributed by atoms with Crippen LogP contribution in [0, 0.1) is 0 Å². The Balaban J connectivity index is 0.00000121. The molecule has 0 unspecified atom stereocenters. The molecule has 0 fully saturated rings. The zero-order valence-corrected chi connectivity index (χ0v) is 6.87. The van der Waals surface area contributed by atoms with Crippen molar-refractivity contribution in [1.82, 2.24) is 0 Å². The van der Waals surface area contributed by atoms with E-state index in [4.69, 9.17) is 10.5 Å². The summed E-state index contributed by atoms with van der Waals surface area (Å²) in [5.74, 6) is 0.861. The molecule has 1 aromatic carbocycles. The number of methoxy groups -OCH3 is 1. The van der Waals surface area contributed by atoms with Crippen LogP contribution >= 0.6 is 0 Å². The Labute approximate surface area is 74.4 Å². The van der Waals surface area contributed by atoms with Gasteiger partial charge in [-0.05, 0) is 24.6 Å². The summed E-state index contributed by atoms with van der Waals surface area (Å²) in [7, 11) is 1.65. The summed E-state index contributed by atoms with van der Waals surface area (Å²) in [5.41, 5.74) is 6.78. The average molecular weight is 167 g/mol. The summed E-state index contributed by atoms with van der Waals surface area (Å²) in [4.78, 5) is 0. The first-order chi connectivity index (χ1) is 5.24. The minimum absolute atomic E-state index is 0. The van der Waals surface area contributed by atoms with Crippen LogP contribution in [0.1, 0.15) is 26.0 Å². The third-order valence-electron chi connectivity index (χ3n) is 1.62. The highest BCUT2D eigenvalue weighted by atomic mass is 16.5. The van der Waals surface area contributed by atoms with Gasteiger partial charge in [0.25, 0.3) is 0 Å². The lowest BCUT2D eigenvalue weighted by Crippen LogP contribution is -2.04. The van der Waals surface area contributed by atoms with Crippen molar-refractivity contribution in [2.75, 3.05) is 7.11 Å². The van der Waals surface area contributed by atoms with E-state index in [9.17, 15) is 0 Å². The molecule has 0 aliphatic rings. The van der Waals surface area contributed by atoms with Crippen LogP contribution in [-0.2, 0) is 0 Å². The Morgan fingerprint density at radius 1 is 1.42 bits per heavy atom. The van der Waals surface area contributed by atoms with Gasteiger partial charge in [0.2, 0.25) is 0 Å². The maximum Gasteiger partial charge on any atom is 0.119 e. The predicted octanol–water partition coefficient (Wildman–Crippen LogP) is 2.35. The molecule has 2 heteroatoms. The molecule has 0 spiro atoms. The summed E-state index contributed by atoms with van der Waals surface area (Å²) in [6.45, 7) is 1.95. The topological polar surface area (TPSA) is 35.2 Å². The third-order valence-corrected chi connectivity index (χ3v) is 1.62. The Bertz CT molecular complexity index is 233. The smallest absolute Gasteiger partial charge is 0.119 e. The quantitative estimate of drug-likeness (QED) is 0.733. The predicted molar refractivity (Wildman–Crippen MR) is 52.3 cm³/mol. The minimum atomic E-state index is 0.